The first-order chi connectivity index (χ1) is 12.5. The quantitative estimate of drug-likeness (QED) is 0.687. The summed E-state index contributed by atoms with van der Waals surface area (Å²) in [7, 11) is 1.82. The van der Waals surface area contributed by atoms with Crippen molar-refractivity contribution in [2.45, 2.75) is 13.8 Å². The first kappa shape index (κ1) is 16.5. The number of aryl methyl sites for hydroxylation is 1. The normalized spacial score (nSPS) is 15.4. The van der Waals surface area contributed by atoms with Crippen molar-refractivity contribution in [3.05, 3.63) is 69.3 Å². The Balaban J connectivity index is 1.80. The van der Waals surface area contributed by atoms with E-state index in [-0.39, 0.29) is 5.88 Å². The van der Waals surface area contributed by atoms with Crippen molar-refractivity contribution < 1.29 is 5.11 Å². The third-order valence-electron chi connectivity index (χ3n) is 4.43. The fourth-order valence-electron chi connectivity index (χ4n) is 2.94. The summed E-state index contributed by atoms with van der Waals surface area (Å²) in [5, 5.41) is 10.6. The molecule has 130 valence electrons. The van der Waals surface area contributed by atoms with E-state index in [1.54, 1.807) is 4.57 Å². The van der Waals surface area contributed by atoms with E-state index in [1.165, 1.54) is 16.9 Å². The van der Waals surface area contributed by atoms with Crippen molar-refractivity contribution in [2.75, 3.05) is 0 Å². The lowest BCUT2D eigenvalue weighted by Crippen LogP contribution is -2.08. The molecule has 4 rings (SSSR count). The van der Waals surface area contributed by atoms with Gasteiger partial charge in [0.25, 0.3) is 0 Å². The summed E-state index contributed by atoms with van der Waals surface area (Å²) < 4.78 is 1.71. The summed E-state index contributed by atoms with van der Waals surface area (Å²) in [5.74, 6) is 0.213. The van der Waals surface area contributed by atoms with E-state index >= 15 is 0 Å². The van der Waals surface area contributed by atoms with Crippen molar-refractivity contribution in [3.8, 4) is 5.88 Å². The molecule has 0 unspecified atom stereocenters. The molecule has 1 aliphatic rings. The van der Waals surface area contributed by atoms with Crippen LogP contribution in [0, 0.1) is 6.92 Å². The van der Waals surface area contributed by atoms with Crippen molar-refractivity contribution in [1.82, 2.24) is 4.57 Å². The molecule has 0 amide bonds. The van der Waals surface area contributed by atoms with Gasteiger partial charge in [-0.3, -0.25) is 9.56 Å². The van der Waals surface area contributed by atoms with Crippen LogP contribution in [-0.4, -0.2) is 15.4 Å². The van der Waals surface area contributed by atoms with E-state index < -0.39 is 0 Å². The van der Waals surface area contributed by atoms with Crippen LogP contribution in [0.15, 0.2) is 58.5 Å². The van der Waals surface area contributed by atoms with Crippen molar-refractivity contribution in [3.63, 3.8) is 0 Å². The Kier molecular flexibility index (Phi) is 4.09. The monoisotopic (exact) mass is 361 g/mol. The standard InChI is InChI=1S/C21H19N3OS/c1-13-8-10-15(11-9-13)23-21-24(3)20(25)19(26-21)12-17-14(2)22-18-7-5-4-6-16(17)18/h4-12,25H,1-3H3/b17-12-,23-21?. The Bertz CT molecular complexity index is 1110. The van der Waals surface area contributed by atoms with Gasteiger partial charge in [-0.2, -0.15) is 0 Å². The zero-order valence-electron chi connectivity index (χ0n) is 14.9. The largest absolute Gasteiger partial charge is 0.493 e. The van der Waals surface area contributed by atoms with E-state index in [4.69, 9.17) is 0 Å². The average Bonchev–Trinajstić information content (AvgIpc) is 3.09. The maximum absolute atomic E-state index is 10.6. The predicted molar refractivity (Wildman–Crippen MR) is 108 cm³/mol. The molecule has 1 N–H and O–H groups in total. The number of hydrogen-bond donors (Lipinski definition) is 1. The van der Waals surface area contributed by atoms with E-state index in [1.807, 2.05) is 69.4 Å². The number of fused-ring (bicyclic) bond motifs is 1. The molecule has 0 aliphatic carbocycles. The van der Waals surface area contributed by atoms with E-state index in [0.29, 0.717) is 0 Å². The van der Waals surface area contributed by atoms with Crippen LogP contribution in [0.3, 0.4) is 0 Å². The molecule has 0 radical (unpaired) electrons. The maximum Gasteiger partial charge on any atom is 0.210 e. The second-order valence-corrected chi connectivity index (χ2v) is 7.36. The van der Waals surface area contributed by atoms with Gasteiger partial charge in [-0.05, 0) is 38.1 Å². The lowest BCUT2D eigenvalue weighted by Gasteiger charge is -2.01. The maximum atomic E-state index is 10.6. The van der Waals surface area contributed by atoms with Gasteiger partial charge >= 0.3 is 0 Å². The van der Waals surface area contributed by atoms with Crippen LogP contribution in [0.1, 0.15) is 22.9 Å². The van der Waals surface area contributed by atoms with Gasteiger partial charge < -0.3 is 5.11 Å². The molecule has 26 heavy (non-hydrogen) atoms. The van der Waals surface area contributed by atoms with Gasteiger partial charge in [0.1, 0.15) is 0 Å². The lowest BCUT2D eigenvalue weighted by molar-refractivity contribution is 0.427. The molecule has 0 atom stereocenters. The Labute approximate surface area is 156 Å². The van der Waals surface area contributed by atoms with Crippen molar-refractivity contribution >= 4 is 40.1 Å². The summed E-state index contributed by atoms with van der Waals surface area (Å²) >= 11 is 1.46. The number of aromatic nitrogens is 1. The number of benzene rings is 2. The molecule has 1 aromatic heterocycles. The molecule has 2 aromatic carbocycles. The number of allylic oxidation sites excluding steroid dienone is 1. The first-order valence-corrected chi connectivity index (χ1v) is 9.21. The summed E-state index contributed by atoms with van der Waals surface area (Å²) in [5.41, 5.74) is 6.13. The number of hydrogen-bond acceptors (Lipinski definition) is 4. The minimum absolute atomic E-state index is 0.213. The van der Waals surface area contributed by atoms with Gasteiger partial charge in [-0.15, -0.1) is 0 Å². The van der Waals surface area contributed by atoms with Crippen LogP contribution in [0.5, 0.6) is 5.88 Å². The second-order valence-electron chi connectivity index (χ2n) is 6.35. The molecular weight excluding hydrogens is 342 g/mol. The summed E-state index contributed by atoms with van der Waals surface area (Å²) in [4.78, 5) is 10.8. The van der Waals surface area contributed by atoms with Crippen molar-refractivity contribution in [2.24, 2.45) is 17.0 Å². The fourth-order valence-corrected chi connectivity index (χ4v) is 3.91. The van der Waals surface area contributed by atoms with E-state index in [9.17, 15) is 5.11 Å². The van der Waals surface area contributed by atoms with Gasteiger partial charge in [-0.1, -0.05) is 47.2 Å². The summed E-state index contributed by atoms with van der Waals surface area (Å²) in [6.07, 6.45) is 2.00. The van der Waals surface area contributed by atoms with Gasteiger partial charge in [0.2, 0.25) is 5.88 Å². The smallest absolute Gasteiger partial charge is 0.210 e. The average molecular weight is 361 g/mol. The highest BCUT2D eigenvalue weighted by Gasteiger charge is 2.18. The highest BCUT2D eigenvalue weighted by atomic mass is 32.1. The minimum Gasteiger partial charge on any atom is -0.493 e. The molecule has 3 aromatic rings. The van der Waals surface area contributed by atoms with E-state index in [0.717, 1.165) is 37.9 Å². The Morgan fingerprint density at radius 2 is 1.81 bits per heavy atom. The molecular formula is C21H19N3OS. The number of aromatic hydroxyl groups is 1. The molecule has 0 spiro atoms. The SMILES string of the molecule is CC1=Nc2ccccc2/C1=C\c1sc(=Nc2ccc(C)cc2)n(C)c1O. The van der Waals surface area contributed by atoms with Crippen LogP contribution in [0.4, 0.5) is 11.4 Å². The predicted octanol–water partition coefficient (Wildman–Crippen LogP) is 4.98. The second kappa shape index (κ2) is 6.42. The molecule has 0 saturated heterocycles. The molecule has 2 heterocycles. The topological polar surface area (TPSA) is 49.9 Å². The molecule has 1 aliphatic heterocycles. The third-order valence-corrected chi connectivity index (χ3v) is 5.50. The van der Waals surface area contributed by atoms with Crippen LogP contribution in [0.2, 0.25) is 0 Å². The Morgan fingerprint density at radius 1 is 1.08 bits per heavy atom. The summed E-state index contributed by atoms with van der Waals surface area (Å²) in [6, 6.07) is 16.1. The number of thiazole rings is 1. The van der Waals surface area contributed by atoms with Crippen molar-refractivity contribution in [1.29, 1.82) is 0 Å². The molecule has 0 fully saturated rings. The molecule has 0 saturated carbocycles. The third kappa shape index (κ3) is 2.91. The van der Waals surface area contributed by atoms with Crippen LogP contribution >= 0.6 is 11.3 Å². The zero-order valence-corrected chi connectivity index (χ0v) is 15.7. The number of rotatable bonds is 2. The number of aliphatic imine (C=N–C) groups is 1. The van der Waals surface area contributed by atoms with Gasteiger partial charge in [0.05, 0.1) is 16.3 Å². The zero-order chi connectivity index (χ0) is 18.3. The highest BCUT2D eigenvalue weighted by molar-refractivity contribution is 7.10. The molecule has 4 nitrogen and oxygen atoms in total. The van der Waals surface area contributed by atoms with Crippen LogP contribution in [0.25, 0.3) is 11.6 Å². The van der Waals surface area contributed by atoms with Crippen LogP contribution < -0.4 is 4.80 Å². The number of para-hydroxylation sites is 1. The molecule has 0 bridgehead atoms. The van der Waals surface area contributed by atoms with E-state index in [2.05, 4.69) is 16.1 Å². The van der Waals surface area contributed by atoms with Crippen LogP contribution in [-0.2, 0) is 7.05 Å². The lowest BCUT2D eigenvalue weighted by atomic mass is 10.0. The number of nitrogens with zero attached hydrogens (tertiary/aromatic N) is 3. The van der Waals surface area contributed by atoms with Gasteiger partial charge in [0.15, 0.2) is 4.80 Å². The summed E-state index contributed by atoms with van der Waals surface area (Å²) in [6.45, 7) is 4.04. The van der Waals surface area contributed by atoms with Gasteiger partial charge in [-0.25, -0.2) is 4.99 Å². The fraction of sp³-hybridized carbons (Fsp3) is 0.143. The Morgan fingerprint density at radius 3 is 2.58 bits per heavy atom. The molecule has 5 heteroatoms. The first-order valence-electron chi connectivity index (χ1n) is 8.40. The van der Waals surface area contributed by atoms with Gasteiger partial charge in [0, 0.05) is 23.9 Å². The highest BCUT2D eigenvalue weighted by Crippen LogP contribution is 2.37. The Hall–Kier alpha value is -2.92. The minimum atomic E-state index is 0.213.